The second kappa shape index (κ2) is 5.29. The van der Waals surface area contributed by atoms with Crippen LogP contribution in [0.2, 0.25) is 0 Å². The molecule has 0 bridgehead atoms. The number of rotatable bonds is 6. The van der Waals surface area contributed by atoms with Gasteiger partial charge in [0.1, 0.15) is 0 Å². The smallest absolute Gasteiger partial charge is 0.242 e. The van der Waals surface area contributed by atoms with E-state index in [9.17, 15) is 8.42 Å². The van der Waals surface area contributed by atoms with Gasteiger partial charge in [-0.3, -0.25) is 0 Å². The van der Waals surface area contributed by atoms with Crippen LogP contribution in [0.5, 0.6) is 0 Å². The molecule has 0 amide bonds. The molecule has 86 valence electrons. The van der Waals surface area contributed by atoms with E-state index in [-0.39, 0.29) is 11.5 Å². The van der Waals surface area contributed by atoms with E-state index in [1.54, 1.807) is 0 Å². The van der Waals surface area contributed by atoms with Gasteiger partial charge in [-0.1, -0.05) is 13.3 Å². The summed E-state index contributed by atoms with van der Waals surface area (Å²) in [5, 5.41) is 8.78. The summed E-state index contributed by atoms with van der Waals surface area (Å²) in [4.78, 5) is 2.85. The number of H-pyrrole nitrogens is 1. The first kappa shape index (κ1) is 12.2. The monoisotopic (exact) mass is 232 g/mol. The van der Waals surface area contributed by atoms with Crippen LogP contribution in [-0.4, -0.2) is 25.1 Å². The van der Waals surface area contributed by atoms with Crippen LogP contribution in [0.25, 0.3) is 0 Å². The molecule has 0 saturated heterocycles. The Kier molecular flexibility index (Phi) is 4.31. The summed E-state index contributed by atoms with van der Waals surface area (Å²) in [6.45, 7) is 2.25. The van der Waals surface area contributed by atoms with Gasteiger partial charge >= 0.3 is 0 Å². The third-order valence-electron chi connectivity index (χ3n) is 2.02. The predicted octanol–water partition coefficient (Wildman–Crippen LogP) is 0.585. The molecule has 15 heavy (non-hydrogen) atoms. The Morgan fingerprint density at radius 1 is 1.53 bits per heavy atom. The highest BCUT2D eigenvalue weighted by Gasteiger charge is 2.14. The van der Waals surface area contributed by atoms with Gasteiger partial charge in [0.15, 0.2) is 0 Å². The molecule has 0 aliphatic heterocycles. The van der Waals surface area contributed by atoms with Crippen molar-refractivity contribution in [3.8, 4) is 0 Å². The maximum absolute atomic E-state index is 11.6. The zero-order chi connectivity index (χ0) is 11.3. The Morgan fingerprint density at radius 3 is 2.80 bits per heavy atom. The maximum atomic E-state index is 11.6. The molecule has 3 N–H and O–H groups in total. The van der Waals surface area contributed by atoms with Gasteiger partial charge in [-0.05, 0) is 12.5 Å². The fourth-order valence-corrected chi connectivity index (χ4v) is 2.22. The quantitative estimate of drug-likeness (QED) is 0.628. The summed E-state index contributed by atoms with van der Waals surface area (Å²) in [6, 6.07) is 1.42. The molecule has 5 nitrogen and oxygen atoms in total. The summed E-state index contributed by atoms with van der Waals surface area (Å²) in [5.74, 6) is 0. The van der Waals surface area contributed by atoms with Crippen LogP contribution in [0.1, 0.15) is 25.5 Å². The highest BCUT2D eigenvalue weighted by molar-refractivity contribution is 7.89. The summed E-state index contributed by atoms with van der Waals surface area (Å²) < 4.78 is 25.7. The van der Waals surface area contributed by atoms with Crippen molar-refractivity contribution in [3.05, 3.63) is 18.0 Å². The topological polar surface area (TPSA) is 82.2 Å². The van der Waals surface area contributed by atoms with Gasteiger partial charge in [0.05, 0.1) is 11.5 Å². The van der Waals surface area contributed by atoms with Crippen LogP contribution in [0.15, 0.2) is 17.2 Å². The largest absolute Gasteiger partial charge is 0.390 e. The molecule has 6 heteroatoms. The Morgan fingerprint density at radius 2 is 2.27 bits per heavy atom. The minimum Gasteiger partial charge on any atom is -0.390 e. The van der Waals surface area contributed by atoms with Gasteiger partial charge in [0, 0.05) is 18.4 Å². The lowest BCUT2D eigenvalue weighted by molar-refractivity contribution is 0.277. The number of aromatic nitrogens is 1. The predicted molar refractivity (Wildman–Crippen MR) is 56.8 cm³/mol. The summed E-state index contributed by atoms with van der Waals surface area (Å²) in [6.07, 6.45) is 3.13. The van der Waals surface area contributed by atoms with E-state index in [1.807, 2.05) is 6.92 Å². The number of unbranched alkanes of at least 4 members (excludes halogenated alkanes) is 1. The molecule has 0 radical (unpaired) electrons. The number of aliphatic hydroxyl groups is 1. The van der Waals surface area contributed by atoms with Gasteiger partial charge in [-0.2, -0.15) is 0 Å². The van der Waals surface area contributed by atoms with Crippen LogP contribution in [0.3, 0.4) is 0 Å². The van der Waals surface area contributed by atoms with Gasteiger partial charge in [-0.15, -0.1) is 0 Å². The standard InChI is InChI=1S/C9H16N2O3S/c1-2-3-4-11-15(13,14)9-5-8(7-12)10-6-9/h5-6,10-12H,2-4,7H2,1H3. The zero-order valence-corrected chi connectivity index (χ0v) is 9.47. The van der Waals surface area contributed by atoms with Crippen LogP contribution in [-0.2, 0) is 16.6 Å². The van der Waals surface area contributed by atoms with E-state index in [0.717, 1.165) is 12.8 Å². The maximum Gasteiger partial charge on any atom is 0.242 e. The normalized spacial score (nSPS) is 11.9. The molecule has 0 aliphatic rings. The van der Waals surface area contributed by atoms with Crippen molar-refractivity contribution in [2.45, 2.75) is 31.3 Å². The molecular formula is C9H16N2O3S. The number of nitrogens with one attached hydrogen (secondary N) is 2. The molecule has 1 rings (SSSR count). The van der Waals surface area contributed by atoms with Crippen LogP contribution < -0.4 is 4.72 Å². The molecule has 0 atom stereocenters. The van der Waals surface area contributed by atoms with E-state index < -0.39 is 10.0 Å². The third-order valence-corrected chi connectivity index (χ3v) is 3.46. The molecule has 1 aromatic rings. The van der Waals surface area contributed by atoms with Crippen LogP contribution in [0, 0.1) is 0 Å². The summed E-state index contributed by atoms with van der Waals surface area (Å²) >= 11 is 0. The van der Waals surface area contributed by atoms with Crippen molar-refractivity contribution < 1.29 is 13.5 Å². The third kappa shape index (κ3) is 3.33. The van der Waals surface area contributed by atoms with E-state index >= 15 is 0 Å². The van der Waals surface area contributed by atoms with Crippen molar-refractivity contribution in [2.75, 3.05) is 6.54 Å². The number of aromatic amines is 1. The number of aliphatic hydroxyl groups excluding tert-OH is 1. The lowest BCUT2D eigenvalue weighted by Crippen LogP contribution is -2.24. The first-order valence-electron chi connectivity index (χ1n) is 4.88. The van der Waals surface area contributed by atoms with Crippen LogP contribution >= 0.6 is 0 Å². The van der Waals surface area contributed by atoms with Crippen molar-refractivity contribution >= 4 is 10.0 Å². The molecule has 1 aromatic heterocycles. The minimum absolute atomic E-state index is 0.169. The van der Waals surface area contributed by atoms with Gasteiger partial charge < -0.3 is 10.1 Å². The second-order valence-corrected chi connectivity index (χ2v) is 5.04. The molecule has 0 aliphatic carbocycles. The molecule has 0 aromatic carbocycles. The number of hydrogen-bond donors (Lipinski definition) is 3. The molecule has 0 saturated carbocycles. The fraction of sp³-hybridized carbons (Fsp3) is 0.556. The number of sulfonamides is 1. The first-order valence-corrected chi connectivity index (χ1v) is 6.36. The molecule has 0 unspecified atom stereocenters. The SMILES string of the molecule is CCCCNS(=O)(=O)c1c[nH]c(CO)c1. The highest BCUT2D eigenvalue weighted by Crippen LogP contribution is 2.10. The van der Waals surface area contributed by atoms with Crippen molar-refractivity contribution in [2.24, 2.45) is 0 Å². The average Bonchev–Trinajstić information content (AvgIpc) is 2.66. The number of hydrogen-bond acceptors (Lipinski definition) is 3. The highest BCUT2D eigenvalue weighted by atomic mass is 32.2. The van der Waals surface area contributed by atoms with Gasteiger partial charge in [-0.25, -0.2) is 13.1 Å². The summed E-state index contributed by atoms with van der Waals surface area (Å²) in [5.41, 5.74) is 0.492. The van der Waals surface area contributed by atoms with E-state index in [4.69, 9.17) is 5.11 Å². The van der Waals surface area contributed by atoms with E-state index in [2.05, 4.69) is 9.71 Å². The molecule has 0 fully saturated rings. The molecule has 0 spiro atoms. The minimum atomic E-state index is -3.41. The zero-order valence-electron chi connectivity index (χ0n) is 8.66. The fourth-order valence-electron chi connectivity index (χ4n) is 1.13. The van der Waals surface area contributed by atoms with E-state index in [0.29, 0.717) is 12.2 Å². The molecular weight excluding hydrogens is 216 g/mol. The average molecular weight is 232 g/mol. The van der Waals surface area contributed by atoms with Crippen LogP contribution in [0.4, 0.5) is 0 Å². The Bertz CT molecular complexity index is 397. The van der Waals surface area contributed by atoms with Gasteiger partial charge in [0.25, 0.3) is 0 Å². The second-order valence-electron chi connectivity index (χ2n) is 3.27. The Labute approximate surface area is 89.6 Å². The Balaban J connectivity index is 2.68. The Hall–Kier alpha value is -0.850. The van der Waals surface area contributed by atoms with Crippen molar-refractivity contribution in [1.29, 1.82) is 0 Å². The molecule has 1 heterocycles. The first-order chi connectivity index (χ1) is 7.10. The van der Waals surface area contributed by atoms with E-state index in [1.165, 1.54) is 12.3 Å². The van der Waals surface area contributed by atoms with Gasteiger partial charge in [0.2, 0.25) is 10.0 Å². The van der Waals surface area contributed by atoms with Crippen molar-refractivity contribution in [1.82, 2.24) is 9.71 Å². The lowest BCUT2D eigenvalue weighted by atomic mass is 10.3. The van der Waals surface area contributed by atoms with Crippen molar-refractivity contribution in [3.63, 3.8) is 0 Å². The summed E-state index contributed by atoms with van der Waals surface area (Å²) in [7, 11) is -3.41. The lowest BCUT2D eigenvalue weighted by Gasteiger charge is -2.02.